The summed E-state index contributed by atoms with van der Waals surface area (Å²) in [7, 11) is 0. The monoisotopic (exact) mass is 285 g/mol. The molecule has 1 aromatic carbocycles. The molecule has 0 atom stereocenters. The van der Waals surface area contributed by atoms with Gasteiger partial charge in [-0.25, -0.2) is 4.79 Å². The number of hydrogen-bond acceptors (Lipinski definition) is 3. The van der Waals surface area contributed by atoms with Crippen molar-refractivity contribution in [1.82, 2.24) is 9.78 Å². The van der Waals surface area contributed by atoms with Crippen LogP contribution in [0.15, 0.2) is 30.5 Å². The first-order chi connectivity index (χ1) is 10.1. The van der Waals surface area contributed by atoms with Crippen LogP contribution in [0.1, 0.15) is 41.5 Å². The molecule has 2 aromatic rings. The maximum absolute atomic E-state index is 11.4. The normalized spacial score (nSPS) is 13.8. The molecule has 3 rings (SSSR count). The molecule has 0 saturated heterocycles. The largest absolute Gasteiger partial charge is 0.478 e. The summed E-state index contributed by atoms with van der Waals surface area (Å²) in [5.74, 6) is -0.913. The van der Waals surface area contributed by atoms with Crippen LogP contribution in [0.3, 0.4) is 0 Å². The number of benzene rings is 1. The van der Waals surface area contributed by atoms with Crippen molar-refractivity contribution < 1.29 is 9.90 Å². The highest BCUT2D eigenvalue weighted by Crippen LogP contribution is 2.29. The van der Waals surface area contributed by atoms with Crippen molar-refractivity contribution in [2.45, 2.75) is 32.9 Å². The number of rotatable bonds is 4. The lowest BCUT2D eigenvalue weighted by Crippen LogP contribution is -2.24. The Labute approximate surface area is 123 Å². The minimum absolute atomic E-state index is 0.144. The van der Waals surface area contributed by atoms with Crippen LogP contribution in [0, 0.1) is 0 Å². The van der Waals surface area contributed by atoms with E-state index >= 15 is 0 Å². The molecule has 5 heteroatoms. The van der Waals surface area contributed by atoms with Gasteiger partial charge in [0.25, 0.3) is 0 Å². The molecule has 21 heavy (non-hydrogen) atoms. The lowest BCUT2D eigenvalue weighted by atomic mass is 10.2. The van der Waals surface area contributed by atoms with Crippen LogP contribution in [0.2, 0.25) is 0 Å². The second-order valence-corrected chi connectivity index (χ2v) is 5.65. The molecular formula is C16H19N3O2. The summed E-state index contributed by atoms with van der Waals surface area (Å²) >= 11 is 0. The quantitative estimate of drug-likeness (QED) is 0.938. The molecule has 0 unspecified atom stereocenters. The van der Waals surface area contributed by atoms with Crippen LogP contribution in [0.4, 0.5) is 5.69 Å². The van der Waals surface area contributed by atoms with Crippen molar-refractivity contribution in [2.24, 2.45) is 0 Å². The molecule has 0 bridgehead atoms. The molecule has 110 valence electrons. The third-order valence-corrected chi connectivity index (χ3v) is 3.94. The minimum Gasteiger partial charge on any atom is -0.478 e. The number of aromatic carboxylic acids is 1. The SMILES string of the molecule is CC(C)n1ncc(C(=O)O)c1CN1CCc2ccccc21. The number of carboxylic acid groups (broad SMARTS) is 1. The van der Waals surface area contributed by atoms with Crippen LogP contribution in [-0.4, -0.2) is 27.4 Å². The predicted molar refractivity (Wildman–Crippen MR) is 80.8 cm³/mol. The van der Waals surface area contributed by atoms with Crippen molar-refractivity contribution in [1.29, 1.82) is 0 Å². The summed E-state index contributed by atoms with van der Waals surface area (Å²) in [6.45, 7) is 5.53. The van der Waals surface area contributed by atoms with E-state index < -0.39 is 5.97 Å². The maximum Gasteiger partial charge on any atom is 0.339 e. The number of nitrogens with zero attached hydrogens (tertiary/aromatic N) is 3. The molecule has 1 aliphatic rings. The van der Waals surface area contributed by atoms with Crippen LogP contribution >= 0.6 is 0 Å². The first kappa shape index (κ1) is 13.7. The van der Waals surface area contributed by atoms with Gasteiger partial charge in [-0.3, -0.25) is 4.68 Å². The van der Waals surface area contributed by atoms with E-state index in [-0.39, 0.29) is 6.04 Å². The minimum atomic E-state index is -0.913. The van der Waals surface area contributed by atoms with Gasteiger partial charge < -0.3 is 10.0 Å². The van der Waals surface area contributed by atoms with E-state index in [1.807, 2.05) is 30.7 Å². The Balaban J connectivity index is 1.95. The molecule has 5 nitrogen and oxygen atoms in total. The van der Waals surface area contributed by atoms with E-state index in [9.17, 15) is 9.90 Å². The first-order valence-corrected chi connectivity index (χ1v) is 7.20. The van der Waals surface area contributed by atoms with Gasteiger partial charge in [-0.2, -0.15) is 5.10 Å². The summed E-state index contributed by atoms with van der Waals surface area (Å²) in [5.41, 5.74) is 3.60. The smallest absolute Gasteiger partial charge is 0.339 e. The molecule has 1 aromatic heterocycles. The Kier molecular flexibility index (Phi) is 3.41. The van der Waals surface area contributed by atoms with Crippen LogP contribution in [-0.2, 0) is 13.0 Å². The number of hydrogen-bond donors (Lipinski definition) is 1. The Morgan fingerprint density at radius 3 is 2.86 bits per heavy atom. The van der Waals surface area contributed by atoms with Gasteiger partial charge in [0.1, 0.15) is 5.56 Å². The Hall–Kier alpha value is -2.30. The van der Waals surface area contributed by atoms with E-state index in [0.717, 1.165) is 18.7 Å². The van der Waals surface area contributed by atoms with Crippen molar-refractivity contribution in [3.63, 3.8) is 0 Å². The first-order valence-electron chi connectivity index (χ1n) is 7.20. The van der Waals surface area contributed by atoms with E-state index in [1.54, 1.807) is 0 Å². The summed E-state index contributed by atoms with van der Waals surface area (Å²) in [4.78, 5) is 13.6. The fourth-order valence-electron chi connectivity index (χ4n) is 2.92. The van der Waals surface area contributed by atoms with E-state index in [1.165, 1.54) is 17.4 Å². The molecule has 0 saturated carbocycles. The van der Waals surface area contributed by atoms with Gasteiger partial charge >= 0.3 is 5.97 Å². The molecule has 0 fully saturated rings. The average Bonchev–Trinajstić information content (AvgIpc) is 3.04. The molecule has 0 amide bonds. The van der Waals surface area contributed by atoms with E-state index in [4.69, 9.17) is 0 Å². The Morgan fingerprint density at radius 1 is 1.38 bits per heavy atom. The molecule has 2 heterocycles. The lowest BCUT2D eigenvalue weighted by molar-refractivity contribution is 0.0695. The van der Waals surface area contributed by atoms with Crippen LogP contribution < -0.4 is 4.90 Å². The predicted octanol–water partition coefficient (Wildman–Crippen LogP) is 2.72. The van der Waals surface area contributed by atoms with Gasteiger partial charge in [0, 0.05) is 18.3 Å². The number of fused-ring (bicyclic) bond motifs is 1. The van der Waals surface area contributed by atoms with Crippen molar-refractivity contribution >= 4 is 11.7 Å². The van der Waals surface area contributed by atoms with E-state index in [2.05, 4.69) is 22.1 Å². The van der Waals surface area contributed by atoms with Crippen molar-refractivity contribution in [3.05, 3.63) is 47.3 Å². The second kappa shape index (κ2) is 5.24. The third-order valence-electron chi connectivity index (χ3n) is 3.94. The average molecular weight is 285 g/mol. The highest BCUT2D eigenvalue weighted by atomic mass is 16.4. The van der Waals surface area contributed by atoms with Gasteiger partial charge in [0.15, 0.2) is 0 Å². The standard InChI is InChI=1S/C16H19N3O2/c1-11(2)19-15(13(9-17-19)16(20)21)10-18-8-7-12-5-3-4-6-14(12)18/h3-6,9,11H,7-8,10H2,1-2H3,(H,20,21). The highest BCUT2D eigenvalue weighted by Gasteiger charge is 2.24. The van der Waals surface area contributed by atoms with Gasteiger partial charge in [0.05, 0.1) is 18.4 Å². The summed E-state index contributed by atoms with van der Waals surface area (Å²) in [5, 5.41) is 13.6. The summed E-state index contributed by atoms with van der Waals surface area (Å²) in [6.07, 6.45) is 2.47. The van der Waals surface area contributed by atoms with Crippen molar-refractivity contribution in [2.75, 3.05) is 11.4 Å². The summed E-state index contributed by atoms with van der Waals surface area (Å²) in [6, 6.07) is 8.44. The Bertz CT molecular complexity index is 676. The van der Waals surface area contributed by atoms with Gasteiger partial charge in [0.2, 0.25) is 0 Å². The zero-order valence-corrected chi connectivity index (χ0v) is 12.3. The van der Waals surface area contributed by atoms with Gasteiger partial charge in [-0.1, -0.05) is 18.2 Å². The molecule has 0 radical (unpaired) electrons. The van der Waals surface area contributed by atoms with Gasteiger partial charge in [-0.15, -0.1) is 0 Å². The zero-order chi connectivity index (χ0) is 15.0. The second-order valence-electron chi connectivity index (χ2n) is 5.65. The highest BCUT2D eigenvalue weighted by molar-refractivity contribution is 5.88. The number of para-hydroxylation sites is 1. The van der Waals surface area contributed by atoms with E-state index in [0.29, 0.717) is 12.1 Å². The fourth-order valence-corrected chi connectivity index (χ4v) is 2.92. The topological polar surface area (TPSA) is 58.4 Å². The van der Waals surface area contributed by atoms with Crippen LogP contribution in [0.25, 0.3) is 0 Å². The molecule has 1 aliphatic heterocycles. The summed E-state index contributed by atoms with van der Waals surface area (Å²) < 4.78 is 1.81. The zero-order valence-electron chi connectivity index (χ0n) is 12.3. The van der Waals surface area contributed by atoms with Crippen LogP contribution in [0.5, 0.6) is 0 Å². The number of anilines is 1. The number of carbonyl (C=O) groups is 1. The molecule has 0 spiro atoms. The molecule has 0 aliphatic carbocycles. The number of carboxylic acids is 1. The maximum atomic E-state index is 11.4. The third kappa shape index (κ3) is 2.39. The molecule has 1 N–H and O–H groups in total. The number of aromatic nitrogens is 2. The fraction of sp³-hybridized carbons (Fsp3) is 0.375. The lowest BCUT2D eigenvalue weighted by Gasteiger charge is -2.21. The molecular weight excluding hydrogens is 266 g/mol. The Morgan fingerprint density at radius 2 is 2.14 bits per heavy atom. The van der Waals surface area contributed by atoms with Crippen molar-refractivity contribution in [3.8, 4) is 0 Å². The van der Waals surface area contributed by atoms with Gasteiger partial charge in [-0.05, 0) is 31.9 Å².